The number of benzene rings is 2. The summed E-state index contributed by atoms with van der Waals surface area (Å²) >= 11 is 0. The molecule has 0 spiro atoms. The van der Waals surface area contributed by atoms with E-state index in [0.29, 0.717) is 11.3 Å². The Labute approximate surface area is 146 Å². The van der Waals surface area contributed by atoms with Crippen LogP contribution >= 0.6 is 0 Å². The van der Waals surface area contributed by atoms with Crippen LogP contribution in [-0.4, -0.2) is 45.2 Å². The average Bonchev–Trinajstić information content (AvgIpc) is 2.60. The second-order valence-electron chi connectivity index (χ2n) is 5.41. The summed E-state index contributed by atoms with van der Waals surface area (Å²) in [6.45, 7) is -0.189. The number of amides is 2. The van der Waals surface area contributed by atoms with E-state index in [1.165, 1.54) is 38.4 Å². The third-order valence-electron chi connectivity index (χ3n) is 3.36. The van der Waals surface area contributed by atoms with E-state index in [9.17, 15) is 18.0 Å². The van der Waals surface area contributed by atoms with E-state index in [1.807, 2.05) is 0 Å². The van der Waals surface area contributed by atoms with Crippen LogP contribution in [0.4, 0.5) is 5.69 Å². The normalized spacial score (nSPS) is 11.2. The summed E-state index contributed by atoms with van der Waals surface area (Å²) in [5.74, 6) is -0.754. The fourth-order valence-electron chi connectivity index (χ4n) is 1.98. The largest absolute Gasteiger partial charge is 0.343 e. The molecule has 132 valence electrons. The standard InChI is InChI=1S/C17H19N3O4S/c1-20(2)25(23,24)15-10-8-14(9-11-15)19-16(21)12-18-17(22)13-6-4-3-5-7-13/h3-11H,12H2,1-2H3,(H,18,22)(H,19,21). The van der Waals surface area contributed by atoms with Crippen LogP contribution in [0.15, 0.2) is 59.5 Å². The topological polar surface area (TPSA) is 95.6 Å². The Morgan fingerprint density at radius 2 is 1.56 bits per heavy atom. The fourth-order valence-corrected chi connectivity index (χ4v) is 2.88. The number of carbonyl (C=O) groups excluding carboxylic acids is 2. The Morgan fingerprint density at radius 1 is 0.960 bits per heavy atom. The molecular formula is C17H19N3O4S. The van der Waals surface area contributed by atoms with E-state index in [4.69, 9.17) is 0 Å². The fraction of sp³-hybridized carbons (Fsp3) is 0.176. The predicted molar refractivity (Wildman–Crippen MR) is 94.7 cm³/mol. The Hall–Kier alpha value is -2.71. The van der Waals surface area contributed by atoms with Crippen LogP contribution in [0.25, 0.3) is 0 Å². The van der Waals surface area contributed by atoms with Crippen LogP contribution in [0.3, 0.4) is 0 Å². The summed E-state index contributed by atoms with van der Waals surface area (Å²) in [5, 5.41) is 5.11. The van der Waals surface area contributed by atoms with Crippen molar-refractivity contribution in [2.45, 2.75) is 4.90 Å². The van der Waals surface area contributed by atoms with Gasteiger partial charge in [-0.25, -0.2) is 12.7 Å². The summed E-state index contributed by atoms with van der Waals surface area (Å²) in [7, 11) is -0.621. The highest BCUT2D eigenvalue weighted by molar-refractivity contribution is 7.89. The molecule has 0 bridgehead atoms. The molecule has 7 nitrogen and oxygen atoms in total. The number of carbonyl (C=O) groups is 2. The van der Waals surface area contributed by atoms with Gasteiger partial charge >= 0.3 is 0 Å². The first-order chi connectivity index (χ1) is 11.8. The van der Waals surface area contributed by atoms with E-state index in [2.05, 4.69) is 10.6 Å². The highest BCUT2D eigenvalue weighted by Crippen LogP contribution is 2.16. The van der Waals surface area contributed by atoms with Gasteiger partial charge in [0.25, 0.3) is 5.91 Å². The van der Waals surface area contributed by atoms with Crippen molar-refractivity contribution in [3.05, 3.63) is 60.2 Å². The molecule has 2 aromatic rings. The molecule has 0 aromatic heterocycles. The molecule has 0 aliphatic rings. The lowest BCUT2D eigenvalue weighted by Crippen LogP contribution is -2.32. The monoisotopic (exact) mass is 361 g/mol. The van der Waals surface area contributed by atoms with E-state index in [1.54, 1.807) is 30.3 Å². The maximum absolute atomic E-state index is 12.0. The second kappa shape index (κ2) is 7.91. The summed E-state index contributed by atoms with van der Waals surface area (Å²) in [6, 6.07) is 14.4. The smallest absolute Gasteiger partial charge is 0.251 e. The third-order valence-corrected chi connectivity index (χ3v) is 5.19. The number of nitrogens with zero attached hydrogens (tertiary/aromatic N) is 1. The Kier molecular flexibility index (Phi) is 5.89. The van der Waals surface area contributed by atoms with Gasteiger partial charge in [0.1, 0.15) is 0 Å². The lowest BCUT2D eigenvalue weighted by Gasteiger charge is -2.12. The zero-order chi connectivity index (χ0) is 18.4. The first-order valence-corrected chi connectivity index (χ1v) is 8.90. The number of hydrogen-bond donors (Lipinski definition) is 2. The number of nitrogens with one attached hydrogen (secondary N) is 2. The molecule has 2 rings (SSSR count). The molecule has 2 aromatic carbocycles. The SMILES string of the molecule is CN(C)S(=O)(=O)c1ccc(NC(=O)CNC(=O)c2ccccc2)cc1. The van der Waals surface area contributed by atoms with E-state index >= 15 is 0 Å². The van der Waals surface area contributed by atoms with Crippen molar-refractivity contribution in [2.24, 2.45) is 0 Å². The molecule has 0 saturated carbocycles. The zero-order valence-corrected chi connectivity index (χ0v) is 14.7. The molecule has 0 aliphatic heterocycles. The number of sulfonamides is 1. The van der Waals surface area contributed by atoms with Crippen molar-refractivity contribution < 1.29 is 18.0 Å². The lowest BCUT2D eigenvalue weighted by atomic mass is 10.2. The molecule has 0 atom stereocenters. The van der Waals surface area contributed by atoms with Crippen molar-refractivity contribution in [1.29, 1.82) is 0 Å². The van der Waals surface area contributed by atoms with Crippen molar-refractivity contribution in [3.63, 3.8) is 0 Å². The van der Waals surface area contributed by atoms with Crippen molar-refractivity contribution in [2.75, 3.05) is 26.0 Å². The van der Waals surface area contributed by atoms with E-state index in [-0.39, 0.29) is 17.3 Å². The third kappa shape index (κ3) is 4.88. The van der Waals surface area contributed by atoms with Crippen LogP contribution in [0.5, 0.6) is 0 Å². The molecule has 0 radical (unpaired) electrons. The van der Waals surface area contributed by atoms with Gasteiger partial charge in [0.2, 0.25) is 15.9 Å². The number of hydrogen-bond acceptors (Lipinski definition) is 4. The Bertz CT molecular complexity index is 847. The van der Waals surface area contributed by atoms with Crippen molar-refractivity contribution in [1.82, 2.24) is 9.62 Å². The summed E-state index contributed by atoms with van der Waals surface area (Å²) < 4.78 is 25.0. The van der Waals surface area contributed by atoms with Crippen LogP contribution in [0, 0.1) is 0 Å². The van der Waals surface area contributed by atoms with Gasteiger partial charge in [-0.15, -0.1) is 0 Å². The van der Waals surface area contributed by atoms with Crippen molar-refractivity contribution in [3.8, 4) is 0 Å². The van der Waals surface area contributed by atoms with Crippen LogP contribution in [0.2, 0.25) is 0 Å². The highest BCUT2D eigenvalue weighted by Gasteiger charge is 2.16. The Morgan fingerprint density at radius 3 is 2.12 bits per heavy atom. The molecular weight excluding hydrogens is 342 g/mol. The minimum Gasteiger partial charge on any atom is -0.343 e. The number of anilines is 1. The first kappa shape index (κ1) is 18.6. The minimum absolute atomic E-state index is 0.132. The second-order valence-corrected chi connectivity index (χ2v) is 7.56. The summed E-state index contributed by atoms with van der Waals surface area (Å²) in [6.07, 6.45) is 0. The molecule has 8 heteroatoms. The Balaban J connectivity index is 1.92. The van der Waals surface area contributed by atoms with Gasteiger partial charge in [0.15, 0.2) is 0 Å². The zero-order valence-electron chi connectivity index (χ0n) is 13.9. The maximum Gasteiger partial charge on any atom is 0.251 e. The molecule has 25 heavy (non-hydrogen) atoms. The summed E-state index contributed by atoms with van der Waals surface area (Å²) in [4.78, 5) is 23.9. The van der Waals surface area contributed by atoms with Gasteiger partial charge in [0, 0.05) is 25.3 Å². The van der Waals surface area contributed by atoms with Gasteiger partial charge in [0.05, 0.1) is 11.4 Å². The molecule has 0 aliphatic carbocycles. The first-order valence-electron chi connectivity index (χ1n) is 7.46. The van der Waals surface area contributed by atoms with Crippen LogP contribution in [-0.2, 0) is 14.8 Å². The highest BCUT2D eigenvalue weighted by atomic mass is 32.2. The quantitative estimate of drug-likeness (QED) is 0.811. The molecule has 0 saturated heterocycles. The molecule has 0 unspecified atom stereocenters. The molecule has 2 amide bonds. The predicted octanol–water partition coefficient (Wildman–Crippen LogP) is 1.31. The van der Waals surface area contributed by atoms with Gasteiger partial charge in [-0.05, 0) is 36.4 Å². The molecule has 0 fully saturated rings. The lowest BCUT2D eigenvalue weighted by molar-refractivity contribution is -0.115. The van der Waals surface area contributed by atoms with Crippen molar-refractivity contribution >= 4 is 27.5 Å². The van der Waals surface area contributed by atoms with Gasteiger partial charge in [-0.2, -0.15) is 0 Å². The van der Waals surface area contributed by atoms with Crippen LogP contribution < -0.4 is 10.6 Å². The molecule has 0 heterocycles. The van der Waals surface area contributed by atoms with Crippen LogP contribution in [0.1, 0.15) is 10.4 Å². The van der Waals surface area contributed by atoms with Gasteiger partial charge in [-0.1, -0.05) is 18.2 Å². The minimum atomic E-state index is -3.51. The van der Waals surface area contributed by atoms with Gasteiger partial charge in [-0.3, -0.25) is 9.59 Å². The van der Waals surface area contributed by atoms with E-state index in [0.717, 1.165) is 4.31 Å². The van der Waals surface area contributed by atoms with E-state index < -0.39 is 15.9 Å². The number of rotatable bonds is 6. The van der Waals surface area contributed by atoms with Gasteiger partial charge < -0.3 is 10.6 Å². The maximum atomic E-state index is 12.0. The average molecular weight is 361 g/mol. The molecule has 2 N–H and O–H groups in total. The summed E-state index contributed by atoms with van der Waals surface area (Å²) in [5.41, 5.74) is 0.908.